The van der Waals surface area contributed by atoms with Crippen LogP contribution in [0.25, 0.3) is 22.0 Å². The predicted molar refractivity (Wildman–Crippen MR) is 139 cm³/mol. The Bertz CT molecular complexity index is 1340. The highest BCUT2D eigenvalue weighted by Gasteiger charge is 2.21. The molecule has 0 aliphatic rings. The number of aryl methyl sites for hydroxylation is 3. The highest BCUT2D eigenvalue weighted by molar-refractivity contribution is 6.32. The van der Waals surface area contributed by atoms with Crippen LogP contribution in [-0.2, 0) is 11.2 Å². The molecule has 35 heavy (non-hydrogen) atoms. The Morgan fingerprint density at radius 2 is 1.89 bits per heavy atom. The highest BCUT2D eigenvalue weighted by Crippen LogP contribution is 2.36. The molecule has 4 rings (SSSR count). The predicted octanol–water partition coefficient (Wildman–Crippen LogP) is 6.70. The summed E-state index contributed by atoms with van der Waals surface area (Å²) in [6.07, 6.45) is 4.83. The number of methoxy groups -OCH3 is 1. The highest BCUT2D eigenvalue weighted by atomic mass is 35.5. The Labute approximate surface area is 210 Å². The number of carbonyl (C=O) groups is 1. The van der Waals surface area contributed by atoms with Gasteiger partial charge in [-0.1, -0.05) is 29.8 Å². The number of aromatic nitrogens is 2. The number of ether oxygens (including phenoxy) is 3. The number of benzene rings is 2. The van der Waals surface area contributed by atoms with Crippen molar-refractivity contribution in [3.8, 4) is 22.6 Å². The van der Waals surface area contributed by atoms with E-state index in [2.05, 4.69) is 9.97 Å². The molecule has 0 atom stereocenters. The van der Waals surface area contributed by atoms with E-state index in [0.717, 1.165) is 55.9 Å². The van der Waals surface area contributed by atoms with Gasteiger partial charge in [-0.3, -0.25) is 4.98 Å². The Balaban J connectivity index is 1.64. The van der Waals surface area contributed by atoms with Gasteiger partial charge in [0.05, 0.1) is 25.8 Å². The van der Waals surface area contributed by atoms with Crippen molar-refractivity contribution >= 4 is 28.5 Å². The van der Waals surface area contributed by atoms with Gasteiger partial charge >= 0.3 is 5.97 Å². The number of hydrogen-bond acceptors (Lipinski definition) is 5. The van der Waals surface area contributed by atoms with Crippen molar-refractivity contribution in [1.29, 1.82) is 0 Å². The van der Waals surface area contributed by atoms with Gasteiger partial charge < -0.3 is 19.2 Å². The number of esters is 1. The summed E-state index contributed by atoms with van der Waals surface area (Å²) >= 11 is 6.27. The molecule has 0 saturated heterocycles. The van der Waals surface area contributed by atoms with Gasteiger partial charge in [-0.25, -0.2) is 4.79 Å². The van der Waals surface area contributed by atoms with Gasteiger partial charge in [0.2, 0.25) is 0 Å². The van der Waals surface area contributed by atoms with Gasteiger partial charge in [0.25, 0.3) is 0 Å². The van der Waals surface area contributed by atoms with Crippen molar-refractivity contribution in [3.05, 3.63) is 76.2 Å². The van der Waals surface area contributed by atoms with Crippen LogP contribution in [0.2, 0.25) is 5.02 Å². The molecule has 0 spiro atoms. The number of H-pyrrole nitrogens is 1. The third-order valence-electron chi connectivity index (χ3n) is 5.96. The zero-order chi connectivity index (χ0) is 24.9. The van der Waals surface area contributed by atoms with Gasteiger partial charge in [-0.2, -0.15) is 0 Å². The van der Waals surface area contributed by atoms with Crippen LogP contribution >= 0.6 is 11.6 Å². The van der Waals surface area contributed by atoms with E-state index in [1.165, 1.54) is 0 Å². The molecular weight excluding hydrogens is 464 g/mol. The Kier molecular flexibility index (Phi) is 7.61. The number of aromatic amines is 1. The second kappa shape index (κ2) is 10.8. The molecule has 0 unspecified atom stereocenters. The Hall–Kier alpha value is -3.51. The minimum absolute atomic E-state index is 0.301. The lowest BCUT2D eigenvalue weighted by atomic mass is 10.00. The minimum atomic E-state index is -0.368. The summed E-state index contributed by atoms with van der Waals surface area (Å²) < 4.78 is 16.9. The number of pyridine rings is 1. The molecular formula is C28H29ClN2O4. The molecule has 182 valence electrons. The number of carbonyl (C=O) groups excluding carboxylic acids is 1. The van der Waals surface area contributed by atoms with E-state index < -0.39 is 0 Å². The van der Waals surface area contributed by atoms with Crippen LogP contribution in [0.4, 0.5) is 0 Å². The van der Waals surface area contributed by atoms with Crippen LogP contribution in [0, 0.1) is 13.8 Å². The largest absolute Gasteiger partial charge is 0.496 e. The molecule has 4 aromatic rings. The number of rotatable bonds is 9. The van der Waals surface area contributed by atoms with Gasteiger partial charge in [0.15, 0.2) is 0 Å². The quantitative estimate of drug-likeness (QED) is 0.208. The first kappa shape index (κ1) is 24.6. The first-order valence-corrected chi connectivity index (χ1v) is 12.0. The van der Waals surface area contributed by atoms with Crippen molar-refractivity contribution in [2.24, 2.45) is 0 Å². The molecule has 0 saturated carbocycles. The molecule has 6 nitrogen and oxygen atoms in total. The molecule has 2 aromatic heterocycles. The zero-order valence-electron chi connectivity index (χ0n) is 20.4. The normalized spacial score (nSPS) is 11.0. The molecule has 0 amide bonds. The summed E-state index contributed by atoms with van der Waals surface area (Å²) in [7, 11) is 1.63. The first-order valence-electron chi connectivity index (χ1n) is 11.6. The van der Waals surface area contributed by atoms with E-state index in [-0.39, 0.29) is 5.97 Å². The second-order valence-corrected chi connectivity index (χ2v) is 8.70. The van der Waals surface area contributed by atoms with E-state index in [4.69, 9.17) is 25.8 Å². The Morgan fingerprint density at radius 3 is 2.60 bits per heavy atom. The van der Waals surface area contributed by atoms with Crippen molar-refractivity contribution in [1.82, 2.24) is 9.97 Å². The summed E-state index contributed by atoms with van der Waals surface area (Å²) in [5.41, 5.74) is 5.96. The molecule has 7 heteroatoms. The van der Waals surface area contributed by atoms with Crippen LogP contribution in [0.1, 0.15) is 40.5 Å². The summed E-state index contributed by atoms with van der Waals surface area (Å²) in [5, 5.41) is 1.73. The number of nitrogens with zero attached hydrogens (tertiary/aromatic N) is 1. The number of hydrogen-bond donors (Lipinski definition) is 1. The molecule has 0 aliphatic carbocycles. The Morgan fingerprint density at radius 1 is 1.11 bits per heavy atom. The molecule has 0 fully saturated rings. The molecule has 1 N–H and O–H groups in total. The molecule has 0 aliphatic heterocycles. The molecule has 2 aromatic carbocycles. The lowest BCUT2D eigenvalue weighted by Crippen LogP contribution is -2.09. The molecule has 2 heterocycles. The lowest BCUT2D eigenvalue weighted by molar-refractivity contribution is 0.0519. The van der Waals surface area contributed by atoms with Crippen molar-refractivity contribution in [3.63, 3.8) is 0 Å². The van der Waals surface area contributed by atoms with Crippen molar-refractivity contribution in [2.45, 2.75) is 33.6 Å². The van der Waals surface area contributed by atoms with Gasteiger partial charge in [-0.05, 0) is 68.5 Å². The fourth-order valence-electron chi connectivity index (χ4n) is 4.33. The van der Waals surface area contributed by atoms with Crippen LogP contribution in [-0.4, -0.2) is 36.3 Å². The van der Waals surface area contributed by atoms with Crippen LogP contribution in [0.15, 0.2) is 48.8 Å². The molecule has 0 bridgehead atoms. The van der Waals surface area contributed by atoms with E-state index in [1.807, 2.05) is 50.2 Å². The standard InChI is InChI=1S/C28H29ClN2O4/c1-5-34-28(32)27-21(10-7-13-35-19-14-17(2)25(29)18(3)15-19)20-8-6-9-22(26(20)31-27)23-16-30-12-11-24(23)33-4/h6,8-9,11-12,14-16,31H,5,7,10,13H2,1-4H3. The van der Waals surface area contributed by atoms with Crippen molar-refractivity contribution in [2.75, 3.05) is 20.3 Å². The van der Waals surface area contributed by atoms with Crippen LogP contribution in [0.5, 0.6) is 11.5 Å². The summed E-state index contributed by atoms with van der Waals surface area (Å²) in [4.78, 5) is 20.4. The summed E-state index contributed by atoms with van der Waals surface area (Å²) in [5.74, 6) is 1.14. The van der Waals surface area contributed by atoms with E-state index >= 15 is 0 Å². The molecule has 0 radical (unpaired) electrons. The van der Waals surface area contributed by atoms with Crippen LogP contribution < -0.4 is 9.47 Å². The van der Waals surface area contributed by atoms with Gasteiger partial charge in [0, 0.05) is 33.9 Å². The number of halogens is 1. The topological polar surface area (TPSA) is 73.4 Å². The van der Waals surface area contributed by atoms with Crippen molar-refractivity contribution < 1.29 is 19.0 Å². The third-order valence-corrected chi connectivity index (χ3v) is 6.56. The van der Waals surface area contributed by atoms with Crippen LogP contribution in [0.3, 0.4) is 0 Å². The third kappa shape index (κ3) is 5.13. The number of nitrogens with one attached hydrogen (secondary N) is 1. The maximum absolute atomic E-state index is 12.8. The average Bonchev–Trinajstić information content (AvgIpc) is 3.24. The number of para-hydroxylation sites is 1. The SMILES string of the molecule is CCOC(=O)c1[nH]c2c(-c3cnccc3OC)cccc2c1CCCOc1cc(C)c(Cl)c(C)c1. The smallest absolute Gasteiger partial charge is 0.355 e. The zero-order valence-corrected chi connectivity index (χ0v) is 21.2. The summed E-state index contributed by atoms with van der Waals surface area (Å²) in [6.45, 7) is 6.54. The fraction of sp³-hybridized carbons (Fsp3) is 0.286. The minimum Gasteiger partial charge on any atom is -0.496 e. The average molecular weight is 493 g/mol. The van der Waals surface area contributed by atoms with E-state index in [9.17, 15) is 4.79 Å². The van der Waals surface area contributed by atoms with Gasteiger partial charge in [-0.15, -0.1) is 0 Å². The fourth-order valence-corrected chi connectivity index (χ4v) is 4.43. The maximum atomic E-state index is 12.8. The van der Waals surface area contributed by atoms with Gasteiger partial charge in [0.1, 0.15) is 17.2 Å². The maximum Gasteiger partial charge on any atom is 0.355 e. The monoisotopic (exact) mass is 492 g/mol. The van der Waals surface area contributed by atoms with E-state index in [0.29, 0.717) is 31.1 Å². The summed E-state index contributed by atoms with van der Waals surface area (Å²) in [6, 6.07) is 11.7. The second-order valence-electron chi connectivity index (χ2n) is 8.33. The van der Waals surface area contributed by atoms with E-state index in [1.54, 1.807) is 26.4 Å². The number of fused-ring (bicyclic) bond motifs is 1. The first-order chi connectivity index (χ1) is 16.9. The lowest BCUT2D eigenvalue weighted by Gasteiger charge is -2.10.